The number of benzene rings is 1. The van der Waals surface area contributed by atoms with Gasteiger partial charge in [0.25, 0.3) is 0 Å². The van der Waals surface area contributed by atoms with Gasteiger partial charge >= 0.3 is 0 Å². The Bertz CT molecular complexity index is 603. The lowest BCUT2D eigenvalue weighted by Gasteiger charge is -2.22. The quantitative estimate of drug-likeness (QED) is 0.932. The largest absolute Gasteiger partial charge is 0.460 e. The predicted octanol–water partition coefficient (Wildman–Crippen LogP) is 3.66. The highest BCUT2D eigenvalue weighted by Gasteiger charge is 2.14. The van der Waals surface area contributed by atoms with Crippen molar-refractivity contribution in [2.45, 2.75) is 32.4 Å². The fourth-order valence-corrected chi connectivity index (χ4v) is 2.64. The summed E-state index contributed by atoms with van der Waals surface area (Å²) < 4.78 is 24.9. The molecule has 1 unspecified atom stereocenters. The molecule has 1 aromatic heterocycles. The van der Waals surface area contributed by atoms with Crippen LogP contribution in [0.4, 0.5) is 4.39 Å². The van der Waals surface area contributed by atoms with Gasteiger partial charge in [-0.25, -0.2) is 4.39 Å². The molecule has 2 heterocycles. The normalized spacial score (nSPS) is 18.9. The average molecular weight is 289 g/mol. The van der Waals surface area contributed by atoms with E-state index in [2.05, 4.69) is 5.32 Å². The maximum atomic E-state index is 13.6. The van der Waals surface area contributed by atoms with Crippen LogP contribution in [0.5, 0.6) is 0 Å². The van der Waals surface area contributed by atoms with Gasteiger partial charge in [-0.1, -0.05) is 12.1 Å². The topological polar surface area (TPSA) is 34.4 Å². The molecule has 0 amide bonds. The molecule has 3 rings (SSSR count). The van der Waals surface area contributed by atoms with E-state index in [9.17, 15) is 4.39 Å². The Balaban J connectivity index is 1.67. The minimum Gasteiger partial charge on any atom is -0.460 e. The Morgan fingerprint density at radius 2 is 2.19 bits per heavy atom. The van der Waals surface area contributed by atoms with E-state index in [0.29, 0.717) is 23.9 Å². The molecule has 21 heavy (non-hydrogen) atoms. The molecule has 1 N–H and O–H groups in total. The molecule has 1 fully saturated rings. The van der Waals surface area contributed by atoms with E-state index < -0.39 is 0 Å². The summed E-state index contributed by atoms with van der Waals surface area (Å²) >= 11 is 0. The molecule has 1 atom stereocenters. The summed E-state index contributed by atoms with van der Waals surface area (Å²) in [5, 5.41) is 3.44. The van der Waals surface area contributed by atoms with Crippen LogP contribution in [0, 0.1) is 12.7 Å². The van der Waals surface area contributed by atoms with Crippen LogP contribution in [-0.4, -0.2) is 19.3 Å². The van der Waals surface area contributed by atoms with Gasteiger partial charge in [0.15, 0.2) is 0 Å². The van der Waals surface area contributed by atoms with Gasteiger partial charge in [0.05, 0.1) is 13.2 Å². The molecule has 0 aliphatic carbocycles. The van der Waals surface area contributed by atoms with Crippen molar-refractivity contribution in [3.05, 3.63) is 47.5 Å². The zero-order chi connectivity index (χ0) is 14.7. The van der Waals surface area contributed by atoms with Crippen molar-refractivity contribution >= 4 is 0 Å². The second kappa shape index (κ2) is 6.41. The Morgan fingerprint density at radius 1 is 1.29 bits per heavy atom. The lowest BCUT2D eigenvalue weighted by molar-refractivity contribution is 0.0693. The van der Waals surface area contributed by atoms with E-state index in [1.807, 2.05) is 18.2 Å². The molecular formula is C17H20FNO2. The molecule has 4 heteroatoms. The van der Waals surface area contributed by atoms with E-state index >= 15 is 0 Å². The zero-order valence-corrected chi connectivity index (χ0v) is 12.2. The molecular weight excluding hydrogens is 269 g/mol. The summed E-state index contributed by atoms with van der Waals surface area (Å²) in [4.78, 5) is 0. The highest BCUT2D eigenvalue weighted by Crippen LogP contribution is 2.27. The average Bonchev–Trinajstić information content (AvgIpc) is 2.98. The first-order valence-corrected chi connectivity index (χ1v) is 7.39. The minimum atomic E-state index is -0.206. The summed E-state index contributed by atoms with van der Waals surface area (Å²) in [5.41, 5.74) is 1.43. The van der Waals surface area contributed by atoms with Crippen molar-refractivity contribution in [3.63, 3.8) is 0 Å². The molecule has 0 radical (unpaired) electrons. The molecule has 0 bridgehead atoms. The number of halogens is 1. The van der Waals surface area contributed by atoms with Crippen molar-refractivity contribution in [2.24, 2.45) is 0 Å². The summed E-state index contributed by atoms with van der Waals surface area (Å²) in [6.45, 7) is 4.06. The molecule has 1 aliphatic heterocycles. The highest BCUT2D eigenvalue weighted by molar-refractivity contribution is 5.62. The molecule has 1 aliphatic rings. The summed E-state index contributed by atoms with van der Waals surface area (Å²) in [7, 11) is 0. The first-order chi connectivity index (χ1) is 10.2. The predicted molar refractivity (Wildman–Crippen MR) is 79.5 cm³/mol. The summed E-state index contributed by atoms with van der Waals surface area (Å²) in [6.07, 6.45) is 2.24. The molecule has 0 spiro atoms. The van der Waals surface area contributed by atoms with Gasteiger partial charge in [0.1, 0.15) is 17.3 Å². The Morgan fingerprint density at radius 3 is 3.00 bits per heavy atom. The third kappa shape index (κ3) is 3.34. The van der Waals surface area contributed by atoms with Gasteiger partial charge in [-0.2, -0.15) is 0 Å². The SMILES string of the molecule is Cc1c(F)cccc1-c1ccc(CNC2CCCOC2)o1. The van der Waals surface area contributed by atoms with E-state index in [0.717, 1.165) is 37.4 Å². The van der Waals surface area contributed by atoms with Crippen LogP contribution < -0.4 is 5.32 Å². The number of ether oxygens (including phenoxy) is 1. The van der Waals surface area contributed by atoms with Crippen LogP contribution in [0.15, 0.2) is 34.7 Å². The number of rotatable bonds is 4. The lowest BCUT2D eigenvalue weighted by Crippen LogP contribution is -2.36. The van der Waals surface area contributed by atoms with Crippen LogP contribution in [0.25, 0.3) is 11.3 Å². The standard InChI is InChI=1S/C17H20FNO2/c1-12-15(5-2-6-16(12)18)17-8-7-14(21-17)10-19-13-4-3-9-20-11-13/h2,5-8,13,19H,3-4,9-11H2,1H3. The molecule has 2 aromatic rings. The van der Waals surface area contributed by atoms with Crippen molar-refractivity contribution in [3.8, 4) is 11.3 Å². The van der Waals surface area contributed by atoms with Crippen molar-refractivity contribution in [1.82, 2.24) is 5.32 Å². The number of furan rings is 1. The second-order valence-corrected chi connectivity index (χ2v) is 5.47. The van der Waals surface area contributed by atoms with Crippen LogP contribution in [-0.2, 0) is 11.3 Å². The van der Waals surface area contributed by atoms with Gasteiger partial charge < -0.3 is 14.5 Å². The number of hydrogen-bond acceptors (Lipinski definition) is 3. The Hall–Kier alpha value is -1.65. The van der Waals surface area contributed by atoms with Crippen LogP contribution in [0.3, 0.4) is 0 Å². The van der Waals surface area contributed by atoms with Crippen molar-refractivity contribution < 1.29 is 13.5 Å². The van der Waals surface area contributed by atoms with E-state index in [1.165, 1.54) is 6.07 Å². The Kier molecular flexibility index (Phi) is 4.36. The first-order valence-electron chi connectivity index (χ1n) is 7.39. The van der Waals surface area contributed by atoms with Crippen LogP contribution in [0.1, 0.15) is 24.2 Å². The lowest BCUT2D eigenvalue weighted by atomic mass is 10.1. The monoisotopic (exact) mass is 289 g/mol. The Labute approximate surface area is 124 Å². The molecule has 1 aromatic carbocycles. The minimum absolute atomic E-state index is 0.206. The van der Waals surface area contributed by atoms with Gasteiger partial charge in [0, 0.05) is 18.2 Å². The molecule has 0 saturated carbocycles. The molecule has 3 nitrogen and oxygen atoms in total. The van der Waals surface area contributed by atoms with Gasteiger partial charge in [-0.3, -0.25) is 0 Å². The fourth-order valence-electron chi connectivity index (χ4n) is 2.64. The van der Waals surface area contributed by atoms with Crippen molar-refractivity contribution in [1.29, 1.82) is 0 Å². The molecule has 1 saturated heterocycles. The maximum absolute atomic E-state index is 13.6. The number of nitrogens with one attached hydrogen (secondary N) is 1. The fraction of sp³-hybridized carbons (Fsp3) is 0.412. The zero-order valence-electron chi connectivity index (χ0n) is 12.2. The van der Waals surface area contributed by atoms with Gasteiger partial charge in [-0.15, -0.1) is 0 Å². The van der Waals surface area contributed by atoms with E-state index in [4.69, 9.17) is 9.15 Å². The smallest absolute Gasteiger partial charge is 0.134 e. The summed E-state index contributed by atoms with van der Waals surface area (Å²) in [6, 6.07) is 9.28. The van der Waals surface area contributed by atoms with Crippen LogP contribution >= 0.6 is 0 Å². The van der Waals surface area contributed by atoms with Crippen LogP contribution in [0.2, 0.25) is 0 Å². The third-order valence-electron chi connectivity index (χ3n) is 3.92. The summed E-state index contributed by atoms with van der Waals surface area (Å²) in [5.74, 6) is 1.37. The highest BCUT2D eigenvalue weighted by atomic mass is 19.1. The van der Waals surface area contributed by atoms with E-state index in [1.54, 1.807) is 13.0 Å². The number of hydrogen-bond donors (Lipinski definition) is 1. The maximum Gasteiger partial charge on any atom is 0.134 e. The van der Waals surface area contributed by atoms with E-state index in [-0.39, 0.29) is 5.82 Å². The third-order valence-corrected chi connectivity index (χ3v) is 3.92. The van der Waals surface area contributed by atoms with Crippen molar-refractivity contribution in [2.75, 3.05) is 13.2 Å². The molecule has 112 valence electrons. The van der Waals surface area contributed by atoms with Gasteiger partial charge in [0.2, 0.25) is 0 Å². The van der Waals surface area contributed by atoms with Gasteiger partial charge in [-0.05, 0) is 43.5 Å². The first kappa shape index (κ1) is 14.3. The second-order valence-electron chi connectivity index (χ2n) is 5.47.